The summed E-state index contributed by atoms with van der Waals surface area (Å²) in [5.41, 5.74) is 6.54. The highest BCUT2D eigenvalue weighted by Gasteiger charge is 2.09. The van der Waals surface area contributed by atoms with Crippen molar-refractivity contribution in [3.8, 4) is 0 Å². The van der Waals surface area contributed by atoms with Gasteiger partial charge in [0.1, 0.15) is 0 Å². The van der Waals surface area contributed by atoms with Crippen molar-refractivity contribution in [2.45, 2.75) is 26.7 Å². The predicted octanol–water partition coefficient (Wildman–Crippen LogP) is 2.18. The minimum absolute atomic E-state index is 0.0775. The molecule has 0 aliphatic carbocycles. The number of benzene rings is 1. The number of esters is 1. The van der Waals surface area contributed by atoms with Crippen LogP contribution in [0.3, 0.4) is 0 Å². The summed E-state index contributed by atoms with van der Waals surface area (Å²) in [6.45, 7) is 4.66. The number of ether oxygens (including phenoxy) is 1. The second-order valence-corrected chi connectivity index (χ2v) is 4.73. The first-order chi connectivity index (χ1) is 9.56. The minimum Gasteiger partial charge on any atom is -0.462 e. The summed E-state index contributed by atoms with van der Waals surface area (Å²) in [6.07, 6.45) is 1.17. The van der Waals surface area contributed by atoms with Crippen LogP contribution in [0.4, 0.5) is 5.69 Å². The van der Waals surface area contributed by atoms with Gasteiger partial charge in [-0.3, -0.25) is 4.79 Å². The monoisotopic (exact) mass is 278 g/mol. The Morgan fingerprint density at radius 3 is 2.80 bits per heavy atom. The minimum atomic E-state index is -0.389. The lowest BCUT2D eigenvalue weighted by atomic mass is 10.1. The van der Waals surface area contributed by atoms with Crippen LogP contribution in [0.2, 0.25) is 0 Å². The molecule has 1 unspecified atom stereocenters. The molecule has 1 aromatic rings. The van der Waals surface area contributed by atoms with Crippen LogP contribution in [0, 0.1) is 5.92 Å². The molecule has 0 saturated carbocycles. The fourth-order valence-electron chi connectivity index (χ4n) is 1.66. The van der Waals surface area contributed by atoms with E-state index in [2.05, 4.69) is 5.32 Å². The molecular formula is C15H22N2O3. The normalized spacial score (nSPS) is 11.8. The zero-order chi connectivity index (χ0) is 15.0. The predicted molar refractivity (Wildman–Crippen MR) is 78.5 cm³/mol. The van der Waals surface area contributed by atoms with Crippen molar-refractivity contribution in [2.75, 3.05) is 18.5 Å². The molecule has 20 heavy (non-hydrogen) atoms. The average molecular weight is 278 g/mol. The summed E-state index contributed by atoms with van der Waals surface area (Å²) in [6, 6.07) is 6.73. The highest BCUT2D eigenvalue weighted by molar-refractivity contribution is 5.94. The molecule has 1 rings (SSSR count). The number of hydrogen-bond donors (Lipinski definition) is 2. The van der Waals surface area contributed by atoms with Crippen LogP contribution in [-0.2, 0) is 9.53 Å². The quantitative estimate of drug-likeness (QED) is 0.749. The zero-order valence-corrected chi connectivity index (χ0v) is 12.0. The van der Waals surface area contributed by atoms with Gasteiger partial charge in [0.2, 0.25) is 5.91 Å². The molecule has 0 spiro atoms. The first kappa shape index (κ1) is 16.2. The van der Waals surface area contributed by atoms with Gasteiger partial charge in [-0.25, -0.2) is 4.79 Å². The molecule has 5 heteroatoms. The van der Waals surface area contributed by atoms with Crippen molar-refractivity contribution >= 4 is 17.6 Å². The molecule has 5 nitrogen and oxygen atoms in total. The standard InChI is InChI=1S/C15H22N2O3/c1-3-20-15(19)12-5-4-6-13(9-12)17-14(18)8-7-11(2)10-16/h4-6,9,11H,3,7-8,10,16H2,1-2H3,(H,17,18). The molecule has 0 aliphatic heterocycles. The van der Waals surface area contributed by atoms with E-state index in [1.54, 1.807) is 31.2 Å². The number of carbonyl (C=O) groups excluding carboxylic acids is 2. The lowest BCUT2D eigenvalue weighted by Crippen LogP contribution is -2.16. The van der Waals surface area contributed by atoms with E-state index in [1.807, 2.05) is 6.92 Å². The highest BCUT2D eigenvalue weighted by atomic mass is 16.5. The second-order valence-electron chi connectivity index (χ2n) is 4.73. The number of carbonyl (C=O) groups is 2. The summed E-state index contributed by atoms with van der Waals surface area (Å²) in [4.78, 5) is 23.4. The molecule has 3 N–H and O–H groups in total. The van der Waals surface area contributed by atoms with Crippen molar-refractivity contribution in [1.29, 1.82) is 0 Å². The van der Waals surface area contributed by atoms with Crippen molar-refractivity contribution in [1.82, 2.24) is 0 Å². The van der Waals surface area contributed by atoms with Crippen molar-refractivity contribution < 1.29 is 14.3 Å². The van der Waals surface area contributed by atoms with E-state index in [9.17, 15) is 9.59 Å². The van der Waals surface area contributed by atoms with Crippen molar-refractivity contribution in [2.24, 2.45) is 11.7 Å². The fourth-order valence-corrected chi connectivity index (χ4v) is 1.66. The van der Waals surface area contributed by atoms with Crippen LogP contribution < -0.4 is 11.1 Å². The summed E-state index contributed by atoms with van der Waals surface area (Å²) >= 11 is 0. The Labute approximate surface area is 119 Å². The molecule has 0 saturated heterocycles. The molecule has 110 valence electrons. The molecule has 0 fully saturated rings. The third kappa shape index (κ3) is 5.40. The number of nitrogens with two attached hydrogens (primary N) is 1. The molecule has 0 aromatic heterocycles. The van der Waals surface area contributed by atoms with Crippen molar-refractivity contribution in [3.05, 3.63) is 29.8 Å². The third-order valence-electron chi connectivity index (χ3n) is 2.92. The van der Waals surface area contributed by atoms with Gasteiger partial charge in [0.05, 0.1) is 12.2 Å². The number of anilines is 1. The van der Waals surface area contributed by atoms with E-state index in [0.717, 1.165) is 6.42 Å². The number of nitrogens with one attached hydrogen (secondary N) is 1. The number of amides is 1. The molecule has 1 atom stereocenters. The third-order valence-corrected chi connectivity index (χ3v) is 2.92. The van der Waals surface area contributed by atoms with Crippen LogP contribution in [0.15, 0.2) is 24.3 Å². The Bertz CT molecular complexity index is 460. The molecular weight excluding hydrogens is 256 g/mol. The van der Waals surface area contributed by atoms with Gasteiger partial charge in [0, 0.05) is 12.1 Å². The summed E-state index contributed by atoms with van der Waals surface area (Å²) in [5.74, 6) is -0.140. The van der Waals surface area contributed by atoms with Gasteiger partial charge >= 0.3 is 5.97 Å². The van der Waals surface area contributed by atoms with Crippen LogP contribution in [-0.4, -0.2) is 25.0 Å². The molecule has 0 bridgehead atoms. The van der Waals surface area contributed by atoms with Gasteiger partial charge in [0.25, 0.3) is 0 Å². The first-order valence-electron chi connectivity index (χ1n) is 6.84. The SMILES string of the molecule is CCOC(=O)c1cccc(NC(=O)CCC(C)CN)c1. The molecule has 0 aliphatic rings. The van der Waals surface area contributed by atoms with Gasteiger partial charge in [-0.15, -0.1) is 0 Å². The topological polar surface area (TPSA) is 81.4 Å². The van der Waals surface area contributed by atoms with Crippen molar-refractivity contribution in [3.63, 3.8) is 0 Å². The maximum atomic E-state index is 11.8. The number of rotatable bonds is 7. The summed E-state index contributed by atoms with van der Waals surface area (Å²) in [5, 5.41) is 2.77. The van der Waals surface area contributed by atoms with Gasteiger partial charge in [-0.05, 0) is 44.0 Å². The van der Waals surface area contributed by atoms with E-state index in [1.165, 1.54) is 0 Å². The van der Waals surface area contributed by atoms with E-state index < -0.39 is 0 Å². The molecule has 0 heterocycles. The highest BCUT2D eigenvalue weighted by Crippen LogP contribution is 2.13. The van der Waals surface area contributed by atoms with E-state index in [4.69, 9.17) is 10.5 Å². The first-order valence-corrected chi connectivity index (χ1v) is 6.84. The smallest absolute Gasteiger partial charge is 0.338 e. The lowest BCUT2D eigenvalue weighted by Gasteiger charge is -2.09. The van der Waals surface area contributed by atoms with Crippen LogP contribution in [0.5, 0.6) is 0 Å². The second kappa shape index (κ2) is 8.32. The Kier molecular flexibility index (Phi) is 6.73. The zero-order valence-electron chi connectivity index (χ0n) is 12.0. The maximum absolute atomic E-state index is 11.8. The van der Waals surface area contributed by atoms with Gasteiger partial charge in [-0.1, -0.05) is 13.0 Å². The van der Waals surface area contributed by atoms with Gasteiger partial charge < -0.3 is 15.8 Å². The summed E-state index contributed by atoms with van der Waals surface area (Å²) in [7, 11) is 0. The maximum Gasteiger partial charge on any atom is 0.338 e. The number of hydrogen-bond acceptors (Lipinski definition) is 4. The van der Waals surface area contributed by atoms with E-state index in [-0.39, 0.29) is 11.9 Å². The van der Waals surface area contributed by atoms with E-state index >= 15 is 0 Å². The van der Waals surface area contributed by atoms with Crippen LogP contribution >= 0.6 is 0 Å². The molecule has 0 radical (unpaired) electrons. The summed E-state index contributed by atoms with van der Waals surface area (Å²) < 4.78 is 4.92. The molecule has 1 amide bonds. The Morgan fingerprint density at radius 2 is 2.15 bits per heavy atom. The van der Waals surface area contributed by atoms with Crippen LogP contribution in [0.1, 0.15) is 37.0 Å². The van der Waals surface area contributed by atoms with Gasteiger partial charge in [-0.2, -0.15) is 0 Å². The molecule has 1 aromatic carbocycles. The lowest BCUT2D eigenvalue weighted by molar-refractivity contribution is -0.116. The Balaban J connectivity index is 2.57. The van der Waals surface area contributed by atoms with Gasteiger partial charge in [0.15, 0.2) is 0 Å². The largest absolute Gasteiger partial charge is 0.462 e. The van der Waals surface area contributed by atoms with E-state index in [0.29, 0.717) is 36.7 Å². The average Bonchev–Trinajstić information content (AvgIpc) is 2.45. The fraction of sp³-hybridized carbons (Fsp3) is 0.467. The Morgan fingerprint density at radius 1 is 1.40 bits per heavy atom. The Hall–Kier alpha value is -1.88. The van der Waals surface area contributed by atoms with Crippen LogP contribution in [0.25, 0.3) is 0 Å².